The Bertz CT molecular complexity index is 1020. The predicted octanol–water partition coefficient (Wildman–Crippen LogP) is 4.25. The fourth-order valence-corrected chi connectivity index (χ4v) is 4.88. The minimum Gasteiger partial charge on any atom is -0.335 e. The Hall–Kier alpha value is -2.65. The largest absolute Gasteiger partial charge is 0.335 e. The first-order valence-electron chi connectivity index (χ1n) is 10.0. The van der Waals surface area contributed by atoms with Gasteiger partial charge in [-0.3, -0.25) is 4.79 Å². The summed E-state index contributed by atoms with van der Waals surface area (Å²) < 4.78 is 0. The number of anilines is 2. The van der Waals surface area contributed by atoms with Gasteiger partial charge in [-0.25, -0.2) is 14.5 Å². The van der Waals surface area contributed by atoms with Crippen molar-refractivity contribution in [3.63, 3.8) is 0 Å². The molecule has 2 aromatic rings. The molecule has 0 aromatic heterocycles. The van der Waals surface area contributed by atoms with Crippen LogP contribution in [0, 0.1) is 0 Å². The summed E-state index contributed by atoms with van der Waals surface area (Å²) in [5, 5.41) is 5.81. The van der Waals surface area contributed by atoms with E-state index in [0.717, 1.165) is 9.79 Å². The van der Waals surface area contributed by atoms with Crippen LogP contribution in [0.4, 0.5) is 21.0 Å². The highest BCUT2D eigenvalue weighted by molar-refractivity contribution is 7.98. The molecule has 2 N–H and O–H groups in total. The Morgan fingerprint density at radius 3 is 2.48 bits per heavy atom. The van der Waals surface area contributed by atoms with Gasteiger partial charge in [0.15, 0.2) is 0 Å². The topological polar surface area (TPSA) is 81.8 Å². The van der Waals surface area contributed by atoms with Gasteiger partial charge in [0.1, 0.15) is 6.04 Å². The molecule has 9 heteroatoms. The summed E-state index contributed by atoms with van der Waals surface area (Å²) >= 11 is 3.17. The zero-order valence-corrected chi connectivity index (χ0v) is 19.0. The highest BCUT2D eigenvalue weighted by Crippen LogP contribution is 2.32. The van der Waals surface area contributed by atoms with Crippen LogP contribution in [0.15, 0.2) is 58.3 Å². The number of imide groups is 1. The summed E-state index contributed by atoms with van der Waals surface area (Å²) in [7, 11) is 0. The molecule has 5 amide bonds. The first-order chi connectivity index (χ1) is 15.0. The molecule has 0 aliphatic carbocycles. The molecule has 2 aliphatic rings. The van der Waals surface area contributed by atoms with Gasteiger partial charge >= 0.3 is 12.1 Å². The molecule has 2 saturated heterocycles. The monoisotopic (exact) mass is 456 g/mol. The number of amides is 5. The third-order valence-electron chi connectivity index (χ3n) is 5.52. The maximum Gasteiger partial charge on any atom is 0.332 e. The standard InChI is InChI=1S/C22H24N4O3S2/c1-30-17-7-3-5-14(11-17)23-21(28)24-15-9-10-25-19(12-15)20(27)26(22(25)29)16-6-4-8-18(13-16)31-2/h3-8,11,13,15,19H,9-10,12H2,1-2H3,(H2,23,24,28). The van der Waals surface area contributed by atoms with E-state index in [1.807, 2.05) is 55.0 Å². The number of carbonyl (C=O) groups excluding carboxylic acids is 3. The minimum absolute atomic E-state index is 0.181. The zero-order chi connectivity index (χ0) is 22.0. The van der Waals surface area contributed by atoms with Gasteiger partial charge in [0.05, 0.1) is 5.69 Å². The fraction of sp³-hybridized carbons (Fsp3) is 0.318. The van der Waals surface area contributed by atoms with Crippen LogP contribution in [0.3, 0.4) is 0 Å². The second kappa shape index (κ2) is 9.23. The third kappa shape index (κ3) is 4.52. The molecule has 2 aromatic carbocycles. The Labute approximate surface area is 189 Å². The number of urea groups is 2. The van der Waals surface area contributed by atoms with E-state index in [0.29, 0.717) is 30.8 Å². The molecule has 7 nitrogen and oxygen atoms in total. The van der Waals surface area contributed by atoms with Crippen LogP contribution in [-0.4, -0.2) is 54.0 Å². The van der Waals surface area contributed by atoms with Crippen molar-refractivity contribution < 1.29 is 14.4 Å². The molecule has 2 heterocycles. The molecule has 162 valence electrons. The van der Waals surface area contributed by atoms with E-state index < -0.39 is 6.04 Å². The number of nitrogens with one attached hydrogen (secondary N) is 2. The Morgan fingerprint density at radius 1 is 1.03 bits per heavy atom. The van der Waals surface area contributed by atoms with Crippen LogP contribution in [0.1, 0.15) is 12.8 Å². The van der Waals surface area contributed by atoms with Gasteiger partial charge in [-0.05, 0) is 61.8 Å². The number of nitrogens with zero attached hydrogens (tertiary/aromatic N) is 2. The van der Waals surface area contributed by atoms with Crippen LogP contribution in [0.2, 0.25) is 0 Å². The van der Waals surface area contributed by atoms with Crippen LogP contribution in [0.5, 0.6) is 0 Å². The lowest BCUT2D eigenvalue weighted by Crippen LogP contribution is -2.50. The number of fused-ring (bicyclic) bond motifs is 1. The Morgan fingerprint density at radius 2 is 1.74 bits per heavy atom. The van der Waals surface area contributed by atoms with E-state index in [1.54, 1.807) is 34.5 Å². The summed E-state index contributed by atoms with van der Waals surface area (Å²) in [6.45, 7) is 0.431. The molecule has 2 fully saturated rings. The molecule has 2 atom stereocenters. The second-order valence-electron chi connectivity index (χ2n) is 7.42. The highest BCUT2D eigenvalue weighted by Gasteiger charge is 2.48. The molecule has 2 aliphatic heterocycles. The number of thioether (sulfide) groups is 2. The first kappa shape index (κ1) is 21.6. The van der Waals surface area contributed by atoms with Crippen molar-refractivity contribution in [2.75, 3.05) is 29.3 Å². The van der Waals surface area contributed by atoms with Gasteiger partial charge in [0, 0.05) is 28.1 Å². The molecule has 0 bridgehead atoms. The molecule has 0 saturated carbocycles. The van der Waals surface area contributed by atoms with Crippen molar-refractivity contribution >= 4 is 52.9 Å². The predicted molar refractivity (Wildman–Crippen MR) is 125 cm³/mol. The number of hydrogen-bond acceptors (Lipinski definition) is 5. The second-order valence-corrected chi connectivity index (χ2v) is 9.18. The lowest BCUT2D eigenvalue weighted by atomic mass is 9.98. The highest BCUT2D eigenvalue weighted by atomic mass is 32.2. The Balaban J connectivity index is 1.41. The summed E-state index contributed by atoms with van der Waals surface area (Å²) in [6.07, 6.45) is 4.94. The summed E-state index contributed by atoms with van der Waals surface area (Å²) in [5.74, 6) is -0.233. The van der Waals surface area contributed by atoms with Crippen molar-refractivity contribution in [2.45, 2.75) is 34.7 Å². The molecule has 31 heavy (non-hydrogen) atoms. The number of benzene rings is 2. The van der Waals surface area contributed by atoms with Crippen molar-refractivity contribution in [1.29, 1.82) is 0 Å². The quantitative estimate of drug-likeness (QED) is 0.519. The van der Waals surface area contributed by atoms with Gasteiger partial charge < -0.3 is 15.5 Å². The van der Waals surface area contributed by atoms with Crippen LogP contribution < -0.4 is 15.5 Å². The van der Waals surface area contributed by atoms with Gasteiger partial charge in [-0.15, -0.1) is 23.5 Å². The summed E-state index contributed by atoms with van der Waals surface area (Å²) in [4.78, 5) is 43.4. The Kier molecular flexibility index (Phi) is 6.43. The molecule has 0 spiro atoms. The zero-order valence-electron chi connectivity index (χ0n) is 17.3. The average Bonchev–Trinajstić information content (AvgIpc) is 3.03. The fourth-order valence-electron chi connectivity index (χ4n) is 3.97. The normalized spacial score (nSPS) is 20.6. The molecule has 4 rings (SSSR count). The summed E-state index contributed by atoms with van der Waals surface area (Å²) in [6, 6.07) is 13.7. The molecular weight excluding hydrogens is 432 g/mol. The lowest BCUT2D eigenvalue weighted by molar-refractivity contribution is -0.120. The van der Waals surface area contributed by atoms with Gasteiger partial charge in [-0.1, -0.05) is 12.1 Å². The van der Waals surface area contributed by atoms with E-state index >= 15 is 0 Å². The number of rotatable bonds is 5. The molecule has 2 unspecified atom stereocenters. The van der Waals surface area contributed by atoms with E-state index in [-0.39, 0.29) is 24.0 Å². The number of carbonyl (C=O) groups is 3. The van der Waals surface area contributed by atoms with Crippen molar-refractivity contribution in [1.82, 2.24) is 10.2 Å². The van der Waals surface area contributed by atoms with E-state index in [2.05, 4.69) is 10.6 Å². The first-order valence-corrected chi connectivity index (χ1v) is 12.5. The van der Waals surface area contributed by atoms with Crippen molar-refractivity contribution in [3.8, 4) is 0 Å². The number of hydrogen-bond donors (Lipinski definition) is 2. The van der Waals surface area contributed by atoms with Gasteiger partial charge in [0.25, 0.3) is 5.91 Å². The third-order valence-corrected chi connectivity index (χ3v) is 6.97. The van der Waals surface area contributed by atoms with Crippen molar-refractivity contribution in [2.24, 2.45) is 0 Å². The van der Waals surface area contributed by atoms with Crippen LogP contribution in [-0.2, 0) is 4.79 Å². The lowest BCUT2D eigenvalue weighted by Gasteiger charge is -2.32. The maximum absolute atomic E-state index is 13.1. The van der Waals surface area contributed by atoms with Crippen molar-refractivity contribution in [3.05, 3.63) is 48.5 Å². The van der Waals surface area contributed by atoms with E-state index in [9.17, 15) is 14.4 Å². The van der Waals surface area contributed by atoms with Crippen LogP contribution >= 0.6 is 23.5 Å². The van der Waals surface area contributed by atoms with Gasteiger partial charge in [-0.2, -0.15) is 0 Å². The summed E-state index contributed by atoms with van der Waals surface area (Å²) in [5.41, 5.74) is 1.31. The van der Waals surface area contributed by atoms with Gasteiger partial charge in [0.2, 0.25) is 0 Å². The maximum atomic E-state index is 13.1. The smallest absolute Gasteiger partial charge is 0.332 e. The molecule has 0 radical (unpaired) electrons. The SMILES string of the molecule is CSc1cccc(NC(=O)NC2CCN3C(=O)N(c4cccc(SC)c4)C(=O)C3C2)c1. The molecular formula is C22H24N4O3S2. The minimum atomic E-state index is -0.552. The van der Waals surface area contributed by atoms with E-state index in [1.165, 1.54) is 4.90 Å². The average molecular weight is 457 g/mol. The van der Waals surface area contributed by atoms with E-state index in [4.69, 9.17) is 0 Å². The number of piperidine rings is 1. The van der Waals surface area contributed by atoms with Crippen LogP contribution in [0.25, 0.3) is 0 Å².